The molecule has 1 spiro atoms. The van der Waals surface area contributed by atoms with Crippen LogP contribution in [0.3, 0.4) is 0 Å². The van der Waals surface area contributed by atoms with Crippen molar-refractivity contribution < 1.29 is 33.6 Å². The number of rotatable bonds is 7. The molecule has 4 heterocycles. The molecule has 0 aliphatic carbocycles. The molecule has 0 bridgehead atoms. The summed E-state index contributed by atoms with van der Waals surface area (Å²) >= 11 is 0. The maximum absolute atomic E-state index is 12.9. The van der Waals surface area contributed by atoms with Gasteiger partial charge in [0.25, 0.3) is 11.8 Å². The van der Waals surface area contributed by atoms with Gasteiger partial charge >= 0.3 is 0 Å². The van der Waals surface area contributed by atoms with Crippen molar-refractivity contribution in [3.05, 3.63) is 106 Å². The van der Waals surface area contributed by atoms with Crippen molar-refractivity contribution in [2.45, 2.75) is 57.2 Å². The number of carbonyl (C=O) groups excluding carboxylic acids is 2. The van der Waals surface area contributed by atoms with E-state index in [-0.39, 0.29) is 43.1 Å². The zero-order valence-corrected chi connectivity index (χ0v) is 24.9. The first-order valence-corrected chi connectivity index (χ1v) is 15.5. The lowest BCUT2D eigenvalue weighted by Crippen LogP contribution is -2.50. The molecule has 4 atom stereocenters. The summed E-state index contributed by atoms with van der Waals surface area (Å²) < 4.78 is 25.2. The second kappa shape index (κ2) is 12.2. The van der Waals surface area contributed by atoms with Gasteiger partial charge in [0.1, 0.15) is 0 Å². The Morgan fingerprint density at radius 3 is 2.00 bits per heavy atom. The first-order valence-electron chi connectivity index (χ1n) is 15.5. The largest absolute Gasteiger partial charge is 0.392 e. The minimum Gasteiger partial charge on any atom is -0.392 e. The number of ether oxygens (including phenoxy) is 4. The Morgan fingerprint density at radius 2 is 1.39 bits per heavy atom. The highest BCUT2D eigenvalue weighted by Gasteiger charge is 2.43. The Morgan fingerprint density at radius 1 is 0.795 bits per heavy atom. The minimum atomic E-state index is -0.593. The number of fused-ring (bicyclic) bond motifs is 1. The van der Waals surface area contributed by atoms with Crippen LogP contribution in [0.15, 0.2) is 72.8 Å². The highest BCUT2D eigenvalue weighted by Crippen LogP contribution is 2.42. The number of likely N-dealkylation sites (tertiary alicyclic amines) is 1. The average molecular weight is 599 g/mol. The molecule has 1 N–H and O–H groups in total. The summed E-state index contributed by atoms with van der Waals surface area (Å²) in [6.07, 6.45) is 0.795. The maximum atomic E-state index is 12.9. The molecule has 0 saturated carbocycles. The van der Waals surface area contributed by atoms with E-state index in [4.69, 9.17) is 18.9 Å². The predicted octanol–water partition coefficient (Wildman–Crippen LogP) is 4.61. The second-order valence-corrected chi connectivity index (χ2v) is 12.2. The number of carbonyl (C=O) groups is 2. The Bertz CT molecular complexity index is 1460. The number of hydrogen-bond donors (Lipinski definition) is 1. The molecule has 0 aromatic heterocycles. The normalized spacial score (nSPS) is 26.8. The molecule has 0 radical (unpaired) electrons. The van der Waals surface area contributed by atoms with Gasteiger partial charge in [-0.15, -0.1) is 0 Å². The highest BCUT2D eigenvalue weighted by atomic mass is 16.7. The molecule has 3 fully saturated rings. The molecular formula is C35H38N2O7. The van der Waals surface area contributed by atoms with Crippen LogP contribution in [0.5, 0.6) is 0 Å². The van der Waals surface area contributed by atoms with Gasteiger partial charge in [0, 0.05) is 44.0 Å². The van der Waals surface area contributed by atoms with Crippen LogP contribution in [0.25, 0.3) is 0 Å². The molecule has 230 valence electrons. The standard InChI is InChI=1S/C35H38N2O7/c1-23-30(21-36-16-14-35(15-17-36)41-18-19-42-35)43-34(44-31(23)26-10-8-25(22-38)9-11-26)27-12-6-24(7-13-27)20-37-32(39)28-4-2-3-5-29(28)33(37)40/h2-13,23,30-31,34,38H,14-22H2,1H3. The van der Waals surface area contributed by atoms with Crippen LogP contribution in [0.4, 0.5) is 0 Å². The number of piperidine rings is 1. The number of aliphatic hydroxyl groups is 1. The smallest absolute Gasteiger partial charge is 0.261 e. The summed E-state index contributed by atoms with van der Waals surface area (Å²) in [5.74, 6) is -0.882. The number of benzene rings is 3. The fourth-order valence-electron chi connectivity index (χ4n) is 6.79. The summed E-state index contributed by atoms with van der Waals surface area (Å²) in [7, 11) is 0. The van der Waals surface area contributed by atoms with Crippen molar-refractivity contribution in [1.82, 2.24) is 9.80 Å². The molecule has 3 aromatic carbocycles. The SMILES string of the molecule is CC1C(CN2CCC3(CC2)OCCO3)OC(c2ccc(CN3C(=O)c4ccccc4C3=O)cc2)OC1c1ccc(CO)cc1. The third-order valence-corrected chi connectivity index (χ3v) is 9.46. The first-order chi connectivity index (χ1) is 21.4. The van der Waals surface area contributed by atoms with Crippen molar-refractivity contribution in [3.8, 4) is 0 Å². The van der Waals surface area contributed by atoms with Crippen molar-refractivity contribution in [2.24, 2.45) is 5.92 Å². The molecule has 3 saturated heterocycles. The molecule has 3 aromatic rings. The third kappa shape index (κ3) is 5.60. The Kier molecular flexibility index (Phi) is 8.09. The molecule has 7 rings (SSSR count). The first kappa shape index (κ1) is 29.3. The van der Waals surface area contributed by atoms with Gasteiger partial charge in [-0.1, -0.05) is 67.6 Å². The highest BCUT2D eigenvalue weighted by molar-refractivity contribution is 6.21. The van der Waals surface area contributed by atoms with Crippen LogP contribution in [-0.2, 0) is 32.1 Å². The van der Waals surface area contributed by atoms with E-state index >= 15 is 0 Å². The zero-order chi connectivity index (χ0) is 30.3. The van der Waals surface area contributed by atoms with Crippen LogP contribution in [0.1, 0.15) is 75.1 Å². The van der Waals surface area contributed by atoms with E-state index in [1.165, 1.54) is 4.90 Å². The van der Waals surface area contributed by atoms with Gasteiger partial charge in [-0.05, 0) is 28.8 Å². The lowest BCUT2D eigenvalue weighted by atomic mass is 9.89. The number of aliphatic hydroxyl groups excluding tert-OH is 1. The molecule has 4 aliphatic heterocycles. The fraction of sp³-hybridized carbons (Fsp3) is 0.429. The number of amides is 2. The molecule has 4 unspecified atom stereocenters. The summed E-state index contributed by atoms with van der Waals surface area (Å²) in [5, 5.41) is 9.55. The Balaban J connectivity index is 1.08. The average Bonchev–Trinajstić information content (AvgIpc) is 3.62. The molecular weight excluding hydrogens is 560 g/mol. The monoisotopic (exact) mass is 598 g/mol. The lowest BCUT2D eigenvalue weighted by molar-refractivity contribution is -0.278. The number of nitrogens with zero attached hydrogens (tertiary/aromatic N) is 2. The van der Waals surface area contributed by atoms with E-state index in [0.29, 0.717) is 24.3 Å². The summed E-state index contributed by atoms with van der Waals surface area (Å²) in [5.41, 5.74) is 4.51. The van der Waals surface area contributed by atoms with E-state index in [9.17, 15) is 14.7 Å². The second-order valence-electron chi connectivity index (χ2n) is 12.2. The van der Waals surface area contributed by atoms with E-state index < -0.39 is 12.1 Å². The van der Waals surface area contributed by atoms with Crippen molar-refractivity contribution in [3.63, 3.8) is 0 Å². The van der Waals surface area contributed by atoms with Crippen LogP contribution in [0.2, 0.25) is 0 Å². The molecule has 4 aliphatic rings. The van der Waals surface area contributed by atoms with E-state index in [0.717, 1.165) is 54.7 Å². The lowest BCUT2D eigenvalue weighted by Gasteiger charge is -2.44. The van der Waals surface area contributed by atoms with Crippen molar-refractivity contribution >= 4 is 11.8 Å². The molecule has 9 heteroatoms. The van der Waals surface area contributed by atoms with Crippen LogP contribution >= 0.6 is 0 Å². The Hall–Kier alpha value is -3.44. The van der Waals surface area contributed by atoms with E-state index in [1.54, 1.807) is 24.3 Å². The summed E-state index contributed by atoms with van der Waals surface area (Å²) in [6, 6.07) is 22.6. The van der Waals surface area contributed by atoms with E-state index in [1.807, 2.05) is 48.5 Å². The topological polar surface area (TPSA) is 97.8 Å². The zero-order valence-electron chi connectivity index (χ0n) is 24.9. The Labute approximate surface area is 257 Å². The van der Waals surface area contributed by atoms with Gasteiger partial charge < -0.3 is 29.0 Å². The summed E-state index contributed by atoms with van der Waals surface area (Å²) in [4.78, 5) is 29.5. The van der Waals surface area contributed by atoms with Gasteiger partial charge in [-0.2, -0.15) is 0 Å². The predicted molar refractivity (Wildman–Crippen MR) is 160 cm³/mol. The van der Waals surface area contributed by atoms with Crippen LogP contribution in [0, 0.1) is 5.92 Å². The van der Waals surface area contributed by atoms with Gasteiger partial charge in [0.2, 0.25) is 0 Å². The van der Waals surface area contributed by atoms with Gasteiger partial charge in [0.05, 0.1) is 49.7 Å². The van der Waals surface area contributed by atoms with E-state index in [2.05, 4.69) is 11.8 Å². The number of imide groups is 1. The quantitative estimate of drug-likeness (QED) is 0.394. The van der Waals surface area contributed by atoms with Crippen LogP contribution in [-0.4, -0.2) is 71.5 Å². The number of hydrogen-bond acceptors (Lipinski definition) is 8. The molecule has 44 heavy (non-hydrogen) atoms. The molecule has 2 amide bonds. The third-order valence-electron chi connectivity index (χ3n) is 9.46. The fourth-order valence-corrected chi connectivity index (χ4v) is 6.79. The van der Waals surface area contributed by atoms with Crippen LogP contribution < -0.4 is 0 Å². The van der Waals surface area contributed by atoms with Gasteiger partial charge in [-0.25, -0.2) is 0 Å². The van der Waals surface area contributed by atoms with Crippen molar-refractivity contribution in [2.75, 3.05) is 32.8 Å². The van der Waals surface area contributed by atoms with Gasteiger partial charge in [0.15, 0.2) is 12.1 Å². The minimum absolute atomic E-state index is 0.00728. The molecule has 9 nitrogen and oxygen atoms in total. The van der Waals surface area contributed by atoms with Crippen molar-refractivity contribution in [1.29, 1.82) is 0 Å². The van der Waals surface area contributed by atoms with Gasteiger partial charge in [-0.3, -0.25) is 14.5 Å². The maximum Gasteiger partial charge on any atom is 0.261 e. The summed E-state index contributed by atoms with van der Waals surface area (Å²) in [6.45, 7) is 6.20.